The fourth-order valence-electron chi connectivity index (χ4n) is 2.46. The van der Waals surface area contributed by atoms with Crippen LogP contribution in [0.1, 0.15) is 18.4 Å². The number of benzene rings is 1. The molecule has 1 heterocycles. The van der Waals surface area contributed by atoms with Crippen LogP contribution in [0.3, 0.4) is 0 Å². The molecule has 0 radical (unpaired) electrons. The van der Waals surface area contributed by atoms with E-state index in [2.05, 4.69) is 46.4 Å². The maximum atomic E-state index is 11.9. The first-order valence-electron chi connectivity index (χ1n) is 6.96. The van der Waals surface area contributed by atoms with Crippen LogP contribution in [-0.4, -0.2) is 49.1 Å². The first-order chi connectivity index (χ1) is 9.47. The second-order valence-electron chi connectivity index (χ2n) is 5.57. The Bertz CT molecular complexity index is 482. The van der Waals surface area contributed by atoms with Crippen molar-refractivity contribution >= 4 is 27.6 Å². The van der Waals surface area contributed by atoms with E-state index in [1.807, 2.05) is 4.90 Å². The summed E-state index contributed by atoms with van der Waals surface area (Å²) in [5, 5.41) is 3.57. The Morgan fingerprint density at radius 1 is 1.35 bits per heavy atom. The van der Waals surface area contributed by atoms with Crippen molar-refractivity contribution in [1.82, 2.24) is 9.80 Å². The fraction of sp³-hybridized carbons (Fsp3) is 0.533. The molecule has 0 aliphatic carbocycles. The van der Waals surface area contributed by atoms with Crippen LogP contribution >= 0.6 is 15.9 Å². The van der Waals surface area contributed by atoms with E-state index >= 15 is 0 Å². The summed E-state index contributed by atoms with van der Waals surface area (Å²) in [6.07, 6.45) is 1.97. The number of likely N-dealkylation sites (tertiary alicyclic amines) is 1. The summed E-state index contributed by atoms with van der Waals surface area (Å²) in [6.45, 7) is 3.72. The molecule has 0 spiro atoms. The van der Waals surface area contributed by atoms with Gasteiger partial charge in [-0.2, -0.15) is 0 Å². The number of nitrogens with one attached hydrogen (secondary N) is 1. The molecule has 1 aromatic carbocycles. The monoisotopic (exact) mass is 339 g/mol. The van der Waals surface area contributed by atoms with Crippen LogP contribution in [-0.2, 0) is 0 Å². The van der Waals surface area contributed by atoms with Gasteiger partial charge in [0.2, 0.25) is 0 Å². The number of piperidine rings is 1. The predicted octanol–water partition coefficient (Wildman–Crippen LogP) is 3.32. The Balaban J connectivity index is 1.90. The van der Waals surface area contributed by atoms with Gasteiger partial charge in [0.05, 0.1) is 0 Å². The van der Waals surface area contributed by atoms with Gasteiger partial charge in [-0.15, -0.1) is 0 Å². The third-order valence-corrected chi connectivity index (χ3v) is 4.29. The van der Waals surface area contributed by atoms with E-state index in [1.54, 1.807) is 19.0 Å². The normalized spacial score (nSPS) is 16.1. The zero-order valence-electron chi connectivity index (χ0n) is 12.3. The lowest BCUT2D eigenvalue weighted by Gasteiger charge is -2.34. The summed E-state index contributed by atoms with van der Waals surface area (Å²) < 4.78 is 1.10. The SMILES string of the molecule is Cc1ccc(NC2CCN(C(=O)N(C)C)CC2)c(Br)c1. The van der Waals surface area contributed by atoms with Gasteiger partial charge in [0, 0.05) is 43.4 Å². The number of amides is 2. The van der Waals surface area contributed by atoms with Gasteiger partial charge < -0.3 is 15.1 Å². The Hall–Kier alpha value is -1.23. The van der Waals surface area contributed by atoms with E-state index in [1.165, 1.54) is 5.56 Å². The molecule has 1 saturated heterocycles. The highest BCUT2D eigenvalue weighted by molar-refractivity contribution is 9.10. The molecule has 1 aliphatic rings. The van der Waals surface area contributed by atoms with Crippen molar-refractivity contribution in [2.75, 3.05) is 32.5 Å². The molecule has 0 bridgehead atoms. The van der Waals surface area contributed by atoms with Crippen LogP contribution < -0.4 is 5.32 Å². The molecule has 4 nitrogen and oxygen atoms in total. The van der Waals surface area contributed by atoms with Gasteiger partial charge in [-0.25, -0.2) is 4.79 Å². The van der Waals surface area contributed by atoms with Crippen molar-refractivity contribution in [3.8, 4) is 0 Å². The van der Waals surface area contributed by atoms with Gasteiger partial charge in [0.1, 0.15) is 0 Å². The highest BCUT2D eigenvalue weighted by Gasteiger charge is 2.23. The van der Waals surface area contributed by atoms with Crippen LogP contribution in [0.25, 0.3) is 0 Å². The number of urea groups is 1. The molecule has 20 heavy (non-hydrogen) atoms. The minimum atomic E-state index is 0.111. The Morgan fingerprint density at radius 3 is 2.55 bits per heavy atom. The fourth-order valence-corrected chi connectivity index (χ4v) is 3.06. The summed E-state index contributed by atoms with van der Waals surface area (Å²) in [6, 6.07) is 6.88. The van der Waals surface area contributed by atoms with Crippen molar-refractivity contribution in [3.05, 3.63) is 28.2 Å². The zero-order chi connectivity index (χ0) is 14.7. The van der Waals surface area contributed by atoms with Crippen LogP contribution in [0.5, 0.6) is 0 Å². The highest BCUT2D eigenvalue weighted by atomic mass is 79.9. The smallest absolute Gasteiger partial charge is 0.319 e. The molecule has 0 unspecified atom stereocenters. The van der Waals surface area contributed by atoms with E-state index in [0.29, 0.717) is 6.04 Å². The lowest BCUT2D eigenvalue weighted by molar-refractivity contribution is 0.158. The molecule has 110 valence electrons. The van der Waals surface area contributed by atoms with E-state index < -0.39 is 0 Å². The van der Waals surface area contributed by atoms with E-state index in [9.17, 15) is 4.79 Å². The van der Waals surface area contributed by atoms with Crippen LogP contribution in [0.2, 0.25) is 0 Å². The number of carbonyl (C=O) groups is 1. The molecule has 1 N–H and O–H groups in total. The second kappa shape index (κ2) is 6.48. The summed E-state index contributed by atoms with van der Waals surface area (Å²) in [7, 11) is 3.60. The van der Waals surface area contributed by atoms with Crippen LogP contribution in [0.15, 0.2) is 22.7 Å². The van der Waals surface area contributed by atoms with Gasteiger partial charge in [-0.1, -0.05) is 6.07 Å². The van der Waals surface area contributed by atoms with Crippen molar-refractivity contribution in [2.24, 2.45) is 0 Å². The number of hydrogen-bond acceptors (Lipinski definition) is 2. The Kier molecular flexibility index (Phi) is 4.91. The van der Waals surface area contributed by atoms with E-state index in [4.69, 9.17) is 0 Å². The highest BCUT2D eigenvalue weighted by Crippen LogP contribution is 2.26. The van der Waals surface area contributed by atoms with E-state index in [-0.39, 0.29) is 6.03 Å². The lowest BCUT2D eigenvalue weighted by Crippen LogP contribution is -2.46. The van der Waals surface area contributed by atoms with Crippen LogP contribution in [0, 0.1) is 6.92 Å². The molecular formula is C15H22BrN3O. The molecule has 1 aromatic rings. The van der Waals surface area contributed by atoms with Crippen molar-refractivity contribution in [3.63, 3.8) is 0 Å². The molecule has 2 amide bonds. The number of nitrogens with zero attached hydrogens (tertiary/aromatic N) is 2. The number of carbonyl (C=O) groups excluding carboxylic acids is 1. The maximum absolute atomic E-state index is 11.9. The molecule has 0 saturated carbocycles. The van der Waals surface area contributed by atoms with Gasteiger partial charge in [-0.3, -0.25) is 0 Å². The molecule has 5 heteroatoms. The molecule has 0 atom stereocenters. The van der Waals surface area contributed by atoms with Gasteiger partial charge >= 0.3 is 6.03 Å². The first kappa shape index (κ1) is 15.2. The molecule has 0 aromatic heterocycles. The predicted molar refractivity (Wildman–Crippen MR) is 86.2 cm³/mol. The van der Waals surface area contributed by atoms with Gasteiger partial charge in [0.25, 0.3) is 0 Å². The topological polar surface area (TPSA) is 35.6 Å². The standard InChI is InChI=1S/C15H22BrN3O/c1-11-4-5-14(13(16)10-11)17-12-6-8-19(9-7-12)15(20)18(2)3/h4-5,10,12,17H,6-9H2,1-3H3. The minimum absolute atomic E-state index is 0.111. The Morgan fingerprint density at radius 2 is 2.00 bits per heavy atom. The summed E-state index contributed by atoms with van der Waals surface area (Å²) >= 11 is 3.59. The third kappa shape index (κ3) is 3.66. The quantitative estimate of drug-likeness (QED) is 0.897. The maximum Gasteiger partial charge on any atom is 0.319 e. The molecule has 1 fully saturated rings. The number of rotatable bonds is 2. The summed E-state index contributed by atoms with van der Waals surface area (Å²) in [5.41, 5.74) is 2.38. The largest absolute Gasteiger partial charge is 0.381 e. The molecular weight excluding hydrogens is 318 g/mol. The van der Waals surface area contributed by atoms with E-state index in [0.717, 1.165) is 36.1 Å². The number of halogens is 1. The zero-order valence-corrected chi connectivity index (χ0v) is 13.9. The average molecular weight is 340 g/mol. The third-order valence-electron chi connectivity index (χ3n) is 3.63. The van der Waals surface area contributed by atoms with Crippen molar-refractivity contribution in [2.45, 2.75) is 25.8 Å². The van der Waals surface area contributed by atoms with Crippen molar-refractivity contribution in [1.29, 1.82) is 0 Å². The summed E-state index contributed by atoms with van der Waals surface area (Å²) in [5.74, 6) is 0. The lowest BCUT2D eigenvalue weighted by atomic mass is 10.0. The number of anilines is 1. The molecule has 1 aliphatic heterocycles. The first-order valence-corrected chi connectivity index (χ1v) is 7.75. The Labute approximate surface area is 129 Å². The van der Waals surface area contributed by atoms with Gasteiger partial charge in [0.15, 0.2) is 0 Å². The van der Waals surface area contributed by atoms with Crippen molar-refractivity contribution < 1.29 is 4.79 Å². The van der Waals surface area contributed by atoms with Crippen LogP contribution in [0.4, 0.5) is 10.5 Å². The minimum Gasteiger partial charge on any atom is -0.381 e. The average Bonchev–Trinajstić information content (AvgIpc) is 2.42. The number of hydrogen-bond donors (Lipinski definition) is 1. The van der Waals surface area contributed by atoms with Gasteiger partial charge in [-0.05, 0) is 53.4 Å². The molecule has 2 rings (SSSR count). The summed E-state index contributed by atoms with van der Waals surface area (Å²) in [4.78, 5) is 15.4. The number of aryl methyl sites for hydroxylation is 1. The second-order valence-corrected chi connectivity index (χ2v) is 6.42.